The van der Waals surface area contributed by atoms with Gasteiger partial charge in [0.1, 0.15) is 0 Å². The van der Waals surface area contributed by atoms with Crippen LogP contribution in [-0.2, 0) is 13.3 Å². The van der Waals surface area contributed by atoms with Gasteiger partial charge in [0.15, 0.2) is 0 Å². The van der Waals surface area contributed by atoms with Crippen molar-refractivity contribution in [1.29, 1.82) is 0 Å². The van der Waals surface area contributed by atoms with E-state index in [0.29, 0.717) is 0 Å². The lowest BCUT2D eigenvalue weighted by atomic mass is 10.1. The van der Waals surface area contributed by atoms with E-state index in [-0.39, 0.29) is 5.54 Å². The van der Waals surface area contributed by atoms with Crippen LogP contribution in [0.1, 0.15) is 50.1 Å². The third kappa shape index (κ3) is 4.41. The van der Waals surface area contributed by atoms with Crippen LogP contribution in [0, 0.1) is 0 Å². The second-order valence-corrected chi connectivity index (χ2v) is 8.16. The van der Waals surface area contributed by atoms with E-state index in [1.807, 2.05) is 6.07 Å². The third-order valence-electron chi connectivity index (χ3n) is 3.83. The summed E-state index contributed by atoms with van der Waals surface area (Å²) in [6, 6.07) is 10.4. The maximum atomic E-state index is 5.70. The minimum Gasteiger partial charge on any atom is -0.376 e. The molecule has 114 valence electrons. The molecule has 0 amide bonds. The van der Waals surface area contributed by atoms with E-state index in [1.165, 1.54) is 31.2 Å². The summed E-state index contributed by atoms with van der Waals surface area (Å²) in [7, 11) is 2.44. The molecule has 20 heavy (non-hydrogen) atoms. The Kier molecular flexibility index (Phi) is 8.07. The van der Waals surface area contributed by atoms with Crippen molar-refractivity contribution < 1.29 is 13.3 Å². The van der Waals surface area contributed by atoms with Gasteiger partial charge in [-0.1, -0.05) is 62.9 Å². The number of unbranched alkanes of at least 4 members (excludes halogenated alkanes) is 3. The first-order chi connectivity index (χ1) is 9.74. The van der Waals surface area contributed by atoms with Crippen LogP contribution in [0.15, 0.2) is 30.3 Å². The second kappa shape index (κ2) is 9.29. The summed E-state index contributed by atoms with van der Waals surface area (Å²) < 4.78 is 17.1. The highest BCUT2D eigenvalue weighted by Gasteiger charge is 2.47. The van der Waals surface area contributed by atoms with Gasteiger partial charge < -0.3 is 13.3 Å². The zero-order valence-electron chi connectivity index (χ0n) is 13.2. The van der Waals surface area contributed by atoms with Crippen LogP contribution in [0.3, 0.4) is 0 Å². The van der Waals surface area contributed by atoms with Crippen molar-refractivity contribution in [1.82, 2.24) is 0 Å². The van der Waals surface area contributed by atoms with Crippen LogP contribution in [0.2, 0.25) is 0 Å². The summed E-state index contributed by atoms with van der Waals surface area (Å²) in [6.45, 7) is 2.23. The molecule has 1 unspecified atom stereocenters. The van der Waals surface area contributed by atoms with Crippen molar-refractivity contribution in [2.45, 2.75) is 44.6 Å². The van der Waals surface area contributed by atoms with Gasteiger partial charge in [-0.05, 0) is 12.0 Å². The molecule has 0 saturated carbocycles. The van der Waals surface area contributed by atoms with Crippen molar-refractivity contribution in [3.8, 4) is 0 Å². The molecule has 0 aliphatic rings. The van der Waals surface area contributed by atoms with Gasteiger partial charge >= 0.3 is 8.80 Å². The summed E-state index contributed by atoms with van der Waals surface area (Å²) in [6.07, 6.45) is 6.01. The molecule has 0 saturated heterocycles. The summed E-state index contributed by atoms with van der Waals surface area (Å²) in [5.74, 6) is 0. The molecule has 0 fully saturated rings. The highest BCUT2D eigenvalue weighted by molar-refractivity contribution is 6.62. The Bertz CT molecular complexity index is 344. The van der Waals surface area contributed by atoms with Crippen LogP contribution >= 0.6 is 0 Å². The summed E-state index contributed by atoms with van der Waals surface area (Å²) in [4.78, 5) is 0. The molecular formula is C16H28O3Si. The standard InChI is InChI=1S/C16H28O3Si/c1-5-6-7-11-14-16(15-12-9-8-10-13-15)20(17-2,18-3)19-4/h8-10,12-13,16H,5-7,11,14H2,1-4H3. The van der Waals surface area contributed by atoms with Gasteiger partial charge in [0.05, 0.1) is 5.54 Å². The molecule has 1 aromatic carbocycles. The molecule has 0 heterocycles. The Morgan fingerprint density at radius 3 is 2.00 bits per heavy atom. The van der Waals surface area contributed by atoms with Crippen LogP contribution in [0.4, 0.5) is 0 Å². The lowest BCUT2D eigenvalue weighted by Crippen LogP contribution is -2.49. The molecule has 0 radical (unpaired) electrons. The van der Waals surface area contributed by atoms with E-state index in [4.69, 9.17) is 13.3 Å². The van der Waals surface area contributed by atoms with E-state index >= 15 is 0 Å². The molecule has 1 rings (SSSR count). The van der Waals surface area contributed by atoms with Gasteiger partial charge in [0.25, 0.3) is 0 Å². The fourth-order valence-electron chi connectivity index (χ4n) is 2.68. The van der Waals surface area contributed by atoms with Crippen molar-refractivity contribution >= 4 is 8.80 Å². The molecule has 0 aromatic heterocycles. The van der Waals surface area contributed by atoms with Crippen molar-refractivity contribution in [2.24, 2.45) is 0 Å². The predicted octanol–water partition coefficient (Wildman–Crippen LogP) is 4.16. The Balaban J connectivity index is 2.89. The third-order valence-corrected chi connectivity index (χ3v) is 7.01. The summed E-state index contributed by atoms with van der Waals surface area (Å²) >= 11 is 0. The molecule has 0 aliphatic heterocycles. The average molecular weight is 296 g/mol. The largest absolute Gasteiger partial charge is 0.508 e. The fraction of sp³-hybridized carbons (Fsp3) is 0.625. The molecule has 1 atom stereocenters. The summed E-state index contributed by atoms with van der Waals surface area (Å²) in [5.41, 5.74) is 1.46. The van der Waals surface area contributed by atoms with E-state index in [0.717, 1.165) is 6.42 Å². The van der Waals surface area contributed by atoms with E-state index in [9.17, 15) is 0 Å². The molecule has 0 aliphatic carbocycles. The number of benzene rings is 1. The fourth-order valence-corrected chi connectivity index (χ4v) is 5.20. The molecule has 0 spiro atoms. The van der Waals surface area contributed by atoms with Gasteiger partial charge in [0.2, 0.25) is 0 Å². The van der Waals surface area contributed by atoms with Gasteiger partial charge in [-0.3, -0.25) is 0 Å². The Hall–Kier alpha value is -0.683. The lowest BCUT2D eigenvalue weighted by Gasteiger charge is -2.33. The first-order valence-corrected chi connectivity index (χ1v) is 9.24. The van der Waals surface area contributed by atoms with Crippen LogP contribution in [0.25, 0.3) is 0 Å². The van der Waals surface area contributed by atoms with Gasteiger partial charge in [-0.15, -0.1) is 0 Å². The van der Waals surface area contributed by atoms with Crippen LogP contribution < -0.4 is 0 Å². The van der Waals surface area contributed by atoms with Crippen molar-refractivity contribution in [3.05, 3.63) is 35.9 Å². The molecule has 0 bridgehead atoms. The highest BCUT2D eigenvalue weighted by atomic mass is 28.4. The summed E-state index contributed by atoms with van der Waals surface area (Å²) in [5, 5.41) is 0. The number of hydrogen-bond acceptors (Lipinski definition) is 3. The van der Waals surface area contributed by atoms with Gasteiger partial charge in [0, 0.05) is 21.3 Å². The minimum atomic E-state index is -2.65. The Morgan fingerprint density at radius 1 is 0.900 bits per heavy atom. The number of rotatable bonds is 10. The van der Waals surface area contributed by atoms with Crippen molar-refractivity contribution in [3.63, 3.8) is 0 Å². The molecule has 4 heteroatoms. The van der Waals surface area contributed by atoms with Crippen LogP contribution in [-0.4, -0.2) is 30.1 Å². The van der Waals surface area contributed by atoms with E-state index in [2.05, 4.69) is 31.2 Å². The van der Waals surface area contributed by atoms with Gasteiger partial charge in [-0.2, -0.15) is 0 Å². The first-order valence-electron chi connectivity index (χ1n) is 7.44. The van der Waals surface area contributed by atoms with Gasteiger partial charge in [-0.25, -0.2) is 0 Å². The SMILES string of the molecule is CCCCCCC(c1ccccc1)[Si](OC)(OC)OC. The quantitative estimate of drug-likeness (QED) is 0.479. The Morgan fingerprint density at radius 2 is 1.50 bits per heavy atom. The van der Waals surface area contributed by atoms with Crippen LogP contribution in [0.5, 0.6) is 0 Å². The molecule has 3 nitrogen and oxygen atoms in total. The maximum absolute atomic E-state index is 5.70. The zero-order valence-corrected chi connectivity index (χ0v) is 14.2. The number of hydrogen-bond donors (Lipinski definition) is 0. The second-order valence-electron chi connectivity index (χ2n) is 5.03. The highest BCUT2D eigenvalue weighted by Crippen LogP contribution is 2.33. The van der Waals surface area contributed by atoms with E-state index < -0.39 is 8.80 Å². The lowest BCUT2D eigenvalue weighted by molar-refractivity contribution is 0.110. The van der Waals surface area contributed by atoms with Crippen molar-refractivity contribution in [2.75, 3.05) is 21.3 Å². The first kappa shape index (κ1) is 17.4. The maximum Gasteiger partial charge on any atom is 0.508 e. The molecule has 0 N–H and O–H groups in total. The molecule has 1 aromatic rings. The molecular weight excluding hydrogens is 268 g/mol. The topological polar surface area (TPSA) is 27.7 Å². The Labute approximate surface area is 124 Å². The zero-order chi connectivity index (χ0) is 14.8. The monoisotopic (exact) mass is 296 g/mol. The minimum absolute atomic E-state index is 0.209. The van der Waals surface area contributed by atoms with E-state index in [1.54, 1.807) is 21.3 Å². The predicted molar refractivity (Wildman–Crippen MR) is 84.7 cm³/mol. The average Bonchev–Trinajstić information content (AvgIpc) is 2.52. The normalized spacial score (nSPS) is 13.4. The smallest absolute Gasteiger partial charge is 0.376 e.